The van der Waals surface area contributed by atoms with Crippen molar-refractivity contribution >= 4 is 33.6 Å². The zero-order chi connectivity index (χ0) is 28.8. The second-order valence-corrected chi connectivity index (χ2v) is 11.2. The molecule has 0 heterocycles. The fourth-order valence-electron chi connectivity index (χ4n) is 4.38. The second kappa shape index (κ2) is 12.5. The summed E-state index contributed by atoms with van der Waals surface area (Å²) in [5.41, 5.74) is -0.806. The van der Waals surface area contributed by atoms with Gasteiger partial charge in [0.1, 0.15) is 0 Å². The maximum absolute atomic E-state index is 12.9. The van der Waals surface area contributed by atoms with Crippen LogP contribution >= 0.6 is 0 Å². The lowest BCUT2D eigenvalue weighted by Crippen LogP contribution is -2.50. The Morgan fingerprint density at radius 2 is 1.59 bits per heavy atom. The van der Waals surface area contributed by atoms with Crippen LogP contribution in [-0.4, -0.2) is 55.0 Å². The summed E-state index contributed by atoms with van der Waals surface area (Å²) >= 11 is 0. The lowest BCUT2D eigenvalue weighted by atomic mass is 9.86. The van der Waals surface area contributed by atoms with Gasteiger partial charge in [-0.2, -0.15) is 18.1 Å². The van der Waals surface area contributed by atoms with E-state index in [1.807, 2.05) is 0 Å². The molecule has 0 spiro atoms. The van der Waals surface area contributed by atoms with Gasteiger partial charge in [0, 0.05) is 6.04 Å². The van der Waals surface area contributed by atoms with Gasteiger partial charge < -0.3 is 20.8 Å². The quantitative estimate of drug-likeness (QED) is 0.378. The molecule has 4 amide bonds. The Morgan fingerprint density at radius 1 is 0.974 bits per heavy atom. The Bertz CT molecular complexity index is 1280. The Hall–Kier alpha value is -3.65. The van der Waals surface area contributed by atoms with Gasteiger partial charge in [0.25, 0.3) is 0 Å². The van der Waals surface area contributed by atoms with E-state index >= 15 is 0 Å². The van der Waals surface area contributed by atoms with Crippen molar-refractivity contribution < 1.29 is 46.2 Å². The third-order valence-corrected chi connectivity index (χ3v) is 8.26. The van der Waals surface area contributed by atoms with Crippen LogP contribution in [0.25, 0.3) is 0 Å². The number of carboxylic acid groups (broad SMARTS) is 1. The summed E-state index contributed by atoms with van der Waals surface area (Å²) in [5.74, 6) is -1.30. The van der Waals surface area contributed by atoms with Crippen LogP contribution in [0.5, 0.6) is 0 Å². The number of amides is 4. The standard InChI is InChI=1S/C25H28F3N3O7S/c26-25(27,28)18-7-9-19(10-8-18)31(24(35)36)23(34)29-13-22(33)30-21-4-2-1-3-17(21)15-39(37,38)20-11-5-16(14-32)6-12-20/h5-12,17,21,32H,1-4,13-15H2,(H,29,34)(H,30,33)(H,35,36)/t17-,21-/m0/s1. The minimum atomic E-state index is -4.65. The van der Waals surface area contributed by atoms with Gasteiger partial charge in [-0.1, -0.05) is 25.0 Å². The van der Waals surface area contributed by atoms with E-state index < -0.39 is 58.1 Å². The molecule has 2 aromatic carbocycles. The smallest absolute Gasteiger partial charge is 0.420 e. The topological polar surface area (TPSA) is 153 Å². The van der Waals surface area contributed by atoms with E-state index in [1.165, 1.54) is 24.3 Å². The number of hydrogen-bond donors (Lipinski definition) is 4. The average Bonchev–Trinajstić information content (AvgIpc) is 2.88. The Balaban J connectivity index is 1.61. The summed E-state index contributed by atoms with van der Waals surface area (Å²) in [5, 5.41) is 23.4. The van der Waals surface area contributed by atoms with Crippen molar-refractivity contribution in [1.29, 1.82) is 0 Å². The molecule has 2 atom stereocenters. The zero-order valence-electron chi connectivity index (χ0n) is 20.6. The molecule has 1 aliphatic carbocycles. The molecule has 212 valence electrons. The molecule has 1 fully saturated rings. The molecule has 0 bridgehead atoms. The second-order valence-electron chi connectivity index (χ2n) is 9.12. The number of nitrogens with one attached hydrogen (secondary N) is 2. The van der Waals surface area contributed by atoms with Gasteiger partial charge in [-0.3, -0.25) is 4.79 Å². The van der Waals surface area contributed by atoms with E-state index in [9.17, 15) is 41.1 Å². The number of alkyl halides is 3. The number of aliphatic hydroxyl groups excluding tert-OH is 1. The predicted molar refractivity (Wildman–Crippen MR) is 134 cm³/mol. The first-order chi connectivity index (χ1) is 18.3. The number of halogens is 3. The molecular weight excluding hydrogens is 543 g/mol. The molecular formula is C25H28F3N3O7S. The van der Waals surface area contributed by atoms with Crippen LogP contribution in [0.3, 0.4) is 0 Å². The first kappa shape index (κ1) is 29.9. The highest BCUT2D eigenvalue weighted by Crippen LogP contribution is 2.31. The van der Waals surface area contributed by atoms with Crippen molar-refractivity contribution in [3.05, 3.63) is 59.7 Å². The molecule has 39 heavy (non-hydrogen) atoms. The number of aliphatic hydroxyl groups is 1. The lowest BCUT2D eigenvalue weighted by molar-refractivity contribution is -0.137. The predicted octanol–water partition coefficient (Wildman–Crippen LogP) is 3.54. The van der Waals surface area contributed by atoms with Gasteiger partial charge in [-0.25, -0.2) is 18.0 Å². The highest BCUT2D eigenvalue weighted by atomic mass is 32.2. The van der Waals surface area contributed by atoms with E-state index in [4.69, 9.17) is 5.11 Å². The summed E-state index contributed by atoms with van der Waals surface area (Å²) in [4.78, 5) is 36.9. The normalized spacial score (nSPS) is 17.7. The van der Waals surface area contributed by atoms with Crippen LogP contribution in [-0.2, 0) is 27.4 Å². The van der Waals surface area contributed by atoms with Crippen LogP contribution in [0.2, 0.25) is 0 Å². The summed E-state index contributed by atoms with van der Waals surface area (Å²) in [7, 11) is -3.69. The lowest BCUT2D eigenvalue weighted by Gasteiger charge is -2.32. The zero-order valence-corrected chi connectivity index (χ0v) is 21.5. The van der Waals surface area contributed by atoms with Crippen LogP contribution in [0.15, 0.2) is 53.4 Å². The number of hydrogen-bond acceptors (Lipinski definition) is 6. The first-order valence-electron chi connectivity index (χ1n) is 12.0. The maximum Gasteiger partial charge on any atom is 0.420 e. The van der Waals surface area contributed by atoms with Gasteiger partial charge >= 0.3 is 18.3 Å². The minimum Gasteiger partial charge on any atom is -0.464 e. The third kappa shape index (κ3) is 7.93. The van der Waals surface area contributed by atoms with Crippen molar-refractivity contribution in [3.63, 3.8) is 0 Å². The molecule has 0 radical (unpaired) electrons. The summed E-state index contributed by atoms with van der Waals surface area (Å²) in [6.07, 6.45) is -3.83. The molecule has 2 aromatic rings. The SMILES string of the molecule is O=C(CNC(=O)N(C(=O)O)c1ccc(C(F)(F)F)cc1)N[C@H]1CCCC[C@H]1CS(=O)(=O)c1ccc(CO)cc1. The number of urea groups is 1. The summed E-state index contributed by atoms with van der Waals surface area (Å²) < 4.78 is 64.2. The van der Waals surface area contributed by atoms with E-state index in [0.29, 0.717) is 30.5 Å². The largest absolute Gasteiger partial charge is 0.464 e. The fraction of sp³-hybridized carbons (Fsp3) is 0.400. The molecule has 10 nitrogen and oxygen atoms in total. The Morgan fingerprint density at radius 3 is 2.15 bits per heavy atom. The monoisotopic (exact) mass is 571 g/mol. The molecule has 1 aliphatic rings. The molecule has 0 saturated heterocycles. The molecule has 0 aliphatic heterocycles. The van der Waals surface area contributed by atoms with E-state index in [1.54, 1.807) is 0 Å². The van der Waals surface area contributed by atoms with Gasteiger partial charge in [-0.05, 0) is 60.7 Å². The number of carbonyl (C=O) groups is 3. The van der Waals surface area contributed by atoms with E-state index in [-0.39, 0.29) is 27.8 Å². The van der Waals surface area contributed by atoms with Crippen molar-refractivity contribution in [3.8, 4) is 0 Å². The van der Waals surface area contributed by atoms with Gasteiger partial charge in [0.15, 0.2) is 9.84 Å². The number of benzene rings is 2. The molecule has 3 rings (SSSR count). The Labute approximate surface area is 222 Å². The van der Waals surface area contributed by atoms with Gasteiger partial charge in [0.2, 0.25) is 5.91 Å². The van der Waals surface area contributed by atoms with Crippen molar-refractivity contribution in [2.45, 2.75) is 49.4 Å². The van der Waals surface area contributed by atoms with Crippen LogP contribution in [0, 0.1) is 5.92 Å². The van der Waals surface area contributed by atoms with Crippen molar-refractivity contribution in [2.75, 3.05) is 17.2 Å². The summed E-state index contributed by atoms with van der Waals surface area (Å²) in [6, 6.07) is 7.01. The highest BCUT2D eigenvalue weighted by molar-refractivity contribution is 7.91. The van der Waals surface area contributed by atoms with Gasteiger partial charge in [0.05, 0.1) is 35.1 Å². The molecule has 4 N–H and O–H groups in total. The molecule has 0 aromatic heterocycles. The average molecular weight is 572 g/mol. The molecule has 0 unspecified atom stereocenters. The number of carbonyl (C=O) groups excluding carboxylic acids is 2. The van der Waals surface area contributed by atoms with Crippen molar-refractivity contribution in [1.82, 2.24) is 10.6 Å². The van der Waals surface area contributed by atoms with Crippen LogP contribution in [0.1, 0.15) is 36.8 Å². The fourth-order valence-corrected chi connectivity index (χ4v) is 6.09. The summed E-state index contributed by atoms with van der Waals surface area (Å²) in [6.45, 7) is -0.857. The third-order valence-electron chi connectivity index (χ3n) is 6.40. The van der Waals surface area contributed by atoms with Gasteiger partial charge in [-0.15, -0.1) is 0 Å². The Kier molecular flexibility index (Phi) is 9.56. The maximum atomic E-state index is 12.9. The molecule has 14 heteroatoms. The number of rotatable bonds is 8. The number of sulfone groups is 1. The van der Waals surface area contributed by atoms with E-state index in [2.05, 4.69) is 10.6 Å². The van der Waals surface area contributed by atoms with Crippen LogP contribution in [0.4, 0.5) is 28.4 Å². The number of imide groups is 1. The first-order valence-corrected chi connectivity index (χ1v) is 13.7. The number of anilines is 1. The highest BCUT2D eigenvalue weighted by Gasteiger charge is 2.33. The number of nitrogens with zero attached hydrogens (tertiary/aromatic N) is 1. The van der Waals surface area contributed by atoms with Crippen LogP contribution < -0.4 is 15.5 Å². The molecule has 1 saturated carbocycles. The van der Waals surface area contributed by atoms with E-state index in [0.717, 1.165) is 25.0 Å². The van der Waals surface area contributed by atoms with Crippen molar-refractivity contribution in [2.24, 2.45) is 5.92 Å². The minimum absolute atomic E-state index is 0.0969.